The third kappa shape index (κ3) is 4.41. The lowest BCUT2D eigenvalue weighted by atomic mass is 10.0. The molecular formula is C21H21BrN2O2. The molecule has 0 saturated heterocycles. The largest absolute Gasteiger partial charge is 0.445 e. The number of carbonyl (C=O) groups excluding carboxylic acids is 1. The maximum atomic E-state index is 12.3. The van der Waals surface area contributed by atoms with Crippen molar-refractivity contribution in [2.45, 2.75) is 26.0 Å². The molecule has 0 spiro atoms. The van der Waals surface area contributed by atoms with Crippen LogP contribution in [0.25, 0.3) is 5.57 Å². The molecule has 0 bridgehead atoms. The summed E-state index contributed by atoms with van der Waals surface area (Å²) in [6.07, 6.45) is 2.28. The third-order valence-electron chi connectivity index (χ3n) is 4.53. The Labute approximate surface area is 162 Å². The Morgan fingerprint density at radius 1 is 1.19 bits per heavy atom. The van der Waals surface area contributed by atoms with Gasteiger partial charge in [-0.2, -0.15) is 0 Å². The SMILES string of the molecule is C[C@@H](C1=NC=C(c2ccc(Br)cc2)C1)N(C)C(=O)OCc1ccccc1. The number of rotatable bonds is 5. The van der Waals surface area contributed by atoms with Gasteiger partial charge in [0.2, 0.25) is 0 Å². The Hall–Kier alpha value is -2.40. The van der Waals surface area contributed by atoms with Gasteiger partial charge >= 0.3 is 6.09 Å². The second-order valence-corrected chi connectivity index (χ2v) is 7.20. The molecule has 1 amide bonds. The normalized spacial score (nSPS) is 14.4. The third-order valence-corrected chi connectivity index (χ3v) is 5.06. The van der Waals surface area contributed by atoms with Crippen LogP contribution in [0.3, 0.4) is 0 Å². The van der Waals surface area contributed by atoms with E-state index in [-0.39, 0.29) is 18.7 Å². The fourth-order valence-electron chi connectivity index (χ4n) is 2.75. The fraction of sp³-hybridized carbons (Fsp3) is 0.238. The van der Waals surface area contributed by atoms with Gasteiger partial charge in [0, 0.05) is 29.9 Å². The highest BCUT2D eigenvalue weighted by Gasteiger charge is 2.25. The molecule has 1 aliphatic heterocycles. The predicted molar refractivity (Wildman–Crippen MR) is 108 cm³/mol. The molecule has 0 radical (unpaired) electrons. The topological polar surface area (TPSA) is 41.9 Å². The molecule has 1 aliphatic rings. The van der Waals surface area contributed by atoms with Gasteiger partial charge in [0.15, 0.2) is 0 Å². The minimum absolute atomic E-state index is 0.123. The Balaban J connectivity index is 1.55. The van der Waals surface area contributed by atoms with E-state index in [0.717, 1.165) is 33.3 Å². The summed E-state index contributed by atoms with van der Waals surface area (Å²) in [5.41, 5.74) is 4.24. The summed E-state index contributed by atoms with van der Waals surface area (Å²) < 4.78 is 6.46. The van der Waals surface area contributed by atoms with Crippen molar-refractivity contribution in [3.63, 3.8) is 0 Å². The van der Waals surface area contributed by atoms with E-state index in [4.69, 9.17) is 4.74 Å². The highest BCUT2D eigenvalue weighted by molar-refractivity contribution is 9.10. The Morgan fingerprint density at radius 2 is 1.88 bits per heavy atom. The molecule has 0 N–H and O–H groups in total. The quantitative estimate of drug-likeness (QED) is 0.668. The van der Waals surface area contributed by atoms with Crippen LogP contribution in [0.2, 0.25) is 0 Å². The molecule has 0 saturated carbocycles. The average Bonchev–Trinajstić information content (AvgIpc) is 3.16. The monoisotopic (exact) mass is 412 g/mol. The number of benzene rings is 2. The second kappa shape index (κ2) is 8.32. The van der Waals surface area contributed by atoms with Crippen molar-refractivity contribution >= 4 is 33.3 Å². The first kappa shape index (κ1) is 18.4. The summed E-state index contributed by atoms with van der Waals surface area (Å²) in [7, 11) is 1.75. The zero-order chi connectivity index (χ0) is 18.5. The van der Waals surface area contributed by atoms with Crippen molar-refractivity contribution < 1.29 is 9.53 Å². The number of nitrogens with zero attached hydrogens (tertiary/aromatic N) is 2. The van der Waals surface area contributed by atoms with Crippen LogP contribution < -0.4 is 0 Å². The lowest BCUT2D eigenvalue weighted by molar-refractivity contribution is 0.101. The molecule has 0 aliphatic carbocycles. The van der Waals surface area contributed by atoms with Crippen LogP contribution in [-0.4, -0.2) is 29.8 Å². The van der Waals surface area contributed by atoms with E-state index in [1.54, 1.807) is 11.9 Å². The molecular weight excluding hydrogens is 392 g/mol. The van der Waals surface area contributed by atoms with Crippen LogP contribution in [-0.2, 0) is 11.3 Å². The van der Waals surface area contributed by atoms with Crippen LogP contribution in [0, 0.1) is 0 Å². The molecule has 0 fully saturated rings. The number of allylic oxidation sites excluding steroid dienone is 1. The lowest BCUT2D eigenvalue weighted by Gasteiger charge is -2.24. The first-order chi connectivity index (χ1) is 12.5. The van der Waals surface area contributed by atoms with Gasteiger partial charge in [0.05, 0.1) is 6.04 Å². The predicted octanol–water partition coefficient (Wildman–Crippen LogP) is 5.29. The minimum Gasteiger partial charge on any atom is -0.445 e. The number of hydrogen-bond acceptors (Lipinski definition) is 3. The summed E-state index contributed by atoms with van der Waals surface area (Å²) in [6.45, 7) is 2.24. The van der Waals surface area contributed by atoms with Crippen molar-refractivity contribution in [2.75, 3.05) is 7.05 Å². The first-order valence-electron chi connectivity index (χ1n) is 8.49. The Kier molecular flexibility index (Phi) is 5.89. The minimum atomic E-state index is -0.346. The smallest absolute Gasteiger partial charge is 0.410 e. The molecule has 26 heavy (non-hydrogen) atoms. The van der Waals surface area contributed by atoms with Crippen LogP contribution in [0.15, 0.2) is 70.3 Å². The van der Waals surface area contributed by atoms with Crippen molar-refractivity contribution in [3.05, 3.63) is 76.4 Å². The van der Waals surface area contributed by atoms with Gasteiger partial charge in [0.25, 0.3) is 0 Å². The van der Waals surface area contributed by atoms with E-state index in [1.165, 1.54) is 0 Å². The van der Waals surface area contributed by atoms with Gasteiger partial charge in [-0.1, -0.05) is 58.4 Å². The van der Waals surface area contributed by atoms with E-state index in [2.05, 4.69) is 33.1 Å². The van der Waals surface area contributed by atoms with Crippen molar-refractivity contribution in [1.29, 1.82) is 0 Å². The molecule has 2 aromatic rings. The molecule has 0 unspecified atom stereocenters. The Morgan fingerprint density at radius 3 is 2.58 bits per heavy atom. The molecule has 4 nitrogen and oxygen atoms in total. The first-order valence-corrected chi connectivity index (χ1v) is 9.29. The van der Waals surface area contributed by atoms with Crippen molar-refractivity contribution in [1.82, 2.24) is 4.90 Å². The van der Waals surface area contributed by atoms with E-state index >= 15 is 0 Å². The number of carbonyl (C=O) groups is 1. The lowest BCUT2D eigenvalue weighted by Crippen LogP contribution is -2.40. The second-order valence-electron chi connectivity index (χ2n) is 6.29. The summed E-state index contributed by atoms with van der Waals surface area (Å²) in [6, 6.07) is 17.7. The average molecular weight is 413 g/mol. The summed E-state index contributed by atoms with van der Waals surface area (Å²) >= 11 is 3.45. The summed E-state index contributed by atoms with van der Waals surface area (Å²) in [5.74, 6) is 0. The van der Waals surface area contributed by atoms with E-state index in [1.807, 2.05) is 55.6 Å². The van der Waals surface area contributed by atoms with E-state index in [9.17, 15) is 4.79 Å². The van der Waals surface area contributed by atoms with E-state index in [0.29, 0.717) is 0 Å². The molecule has 1 heterocycles. The van der Waals surface area contributed by atoms with Gasteiger partial charge in [-0.15, -0.1) is 0 Å². The standard InChI is InChI=1S/C21H21BrN2O2/c1-15(24(2)21(25)26-14-16-6-4-3-5-7-16)20-12-18(13-23-20)17-8-10-19(22)11-9-17/h3-11,13,15H,12,14H2,1-2H3/t15-/m0/s1. The zero-order valence-electron chi connectivity index (χ0n) is 14.9. The van der Waals surface area contributed by atoms with E-state index < -0.39 is 0 Å². The van der Waals surface area contributed by atoms with Crippen LogP contribution in [0.5, 0.6) is 0 Å². The maximum absolute atomic E-state index is 12.3. The maximum Gasteiger partial charge on any atom is 0.410 e. The number of halogens is 1. The van der Waals surface area contributed by atoms with Gasteiger partial charge in [-0.25, -0.2) is 4.79 Å². The van der Waals surface area contributed by atoms with Crippen molar-refractivity contribution in [3.8, 4) is 0 Å². The molecule has 3 rings (SSSR count). The number of ether oxygens (including phenoxy) is 1. The molecule has 5 heteroatoms. The van der Waals surface area contributed by atoms with Gasteiger partial charge < -0.3 is 9.64 Å². The molecule has 1 atom stereocenters. The van der Waals surface area contributed by atoms with Gasteiger partial charge in [-0.3, -0.25) is 4.99 Å². The number of hydrogen-bond donors (Lipinski definition) is 0. The number of amides is 1. The summed E-state index contributed by atoms with van der Waals surface area (Å²) in [4.78, 5) is 18.5. The van der Waals surface area contributed by atoms with Crippen LogP contribution >= 0.6 is 15.9 Å². The molecule has 134 valence electrons. The highest BCUT2D eigenvalue weighted by atomic mass is 79.9. The molecule has 0 aromatic heterocycles. The van der Waals surface area contributed by atoms with Gasteiger partial charge in [-0.05, 0) is 35.8 Å². The Bertz CT molecular complexity index is 829. The van der Waals surface area contributed by atoms with Crippen LogP contribution in [0.1, 0.15) is 24.5 Å². The summed E-state index contributed by atoms with van der Waals surface area (Å²) in [5, 5.41) is 0. The fourth-order valence-corrected chi connectivity index (χ4v) is 3.01. The van der Waals surface area contributed by atoms with Gasteiger partial charge in [0.1, 0.15) is 6.61 Å². The van der Waals surface area contributed by atoms with Crippen LogP contribution in [0.4, 0.5) is 4.79 Å². The highest BCUT2D eigenvalue weighted by Crippen LogP contribution is 2.27. The zero-order valence-corrected chi connectivity index (χ0v) is 16.4. The molecule has 2 aromatic carbocycles. The van der Waals surface area contributed by atoms with Crippen molar-refractivity contribution in [2.24, 2.45) is 4.99 Å². The number of aliphatic imine (C=N–C) groups is 1.